The van der Waals surface area contributed by atoms with Crippen molar-refractivity contribution in [3.05, 3.63) is 82.6 Å². The summed E-state index contributed by atoms with van der Waals surface area (Å²) in [6.45, 7) is 0.824. The van der Waals surface area contributed by atoms with E-state index < -0.39 is 30.1 Å². The van der Waals surface area contributed by atoms with Crippen molar-refractivity contribution in [3.8, 4) is 0 Å². The van der Waals surface area contributed by atoms with Gasteiger partial charge in [-0.3, -0.25) is 4.79 Å². The van der Waals surface area contributed by atoms with Crippen molar-refractivity contribution < 1.29 is 27.8 Å². The number of nitrogens with one attached hydrogen (secondary N) is 2. The first-order chi connectivity index (χ1) is 14.0. The third kappa shape index (κ3) is 6.39. The van der Waals surface area contributed by atoms with E-state index in [4.69, 9.17) is 15.2 Å². The monoisotopic (exact) mass is 403 g/mol. The molecule has 0 aliphatic carbocycles. The van der Waals surface area contributed by atoms with Gasteiger partial charge in [0.15, 0.2) is 0 Å². The summed E-state index contributed by atoms with van der Waals surface area (Å²) in [5, 5.41) is 2.63. The van der Waals surface area contributed by atoms with Crippen molar-refractivity contribution in [1.29, 1.82) is 0 Å². The van der Waals surface area contributed by atoms with Gasteiger partial charge in [0.05, 0.1) is 12.3 Å². The maximum atomic E-state index is 14.3. The maximum absolute atomic E-state index is 14.3. The van der Waals surface area contributed by atoms with Crippen LogP contribution in [0.4, 0.5) is 8.78 Å². The van der Waals surface area contributed by atoms with Gasteiger partial charge in [0, 0.05) is 17.2 Å². The highest BCUT2D eigenvalue weighted by Crippen LogP contribution is 2.22. The fourth-order valence-electron chi connectivity index (χ4n) is 2.50. The van der Waals surface area contributed by atoms with E-state index >= 15 is 0 Å². The molecule has 0 aromatic heterocycles. The van der Waals surface area contributed by atoms with Crippen molar-refractivity contribution in [2.24, 2.45) is 0 Å². The minimum Gasteiger partial charge on any atom is -0.673 e. The largest absolute Gasteiger partial charge is 0.673 e. The number of halogens is 2. The van der Waals surface area contributed by atoms with Gasteiger partial charge in [0.2, 0.25) is 0 Å². The van der Waals surface area contributed by atoms with Crippen LogP contribution in [0.2, 0.25) is 0 Å². The van der Waals surface area contributed by atoms with Gasteiger partial charge in [0.25, 0.3) is 0 Å². The quantitative estimate of drug-likeness (QED) is 0.510. The standard InChI is InChI=1S/C21H21F2N2O4/c1-2-28-19(26)12-25-20(16-9-8-15(22)10-18(16)23)17(11-24)21(27)29-13-14-6-4-3-5-7-14/h3-10,24-25H,2,11-13H2,1H3/q-1/b20-17+. The van der Waals surface area contributed by atoms with E-state index in [0.29, 0.717) is 6.07 Å². The predicted octanol–water partition coefficient (Wildman–Crippen LogP) is 3.62. The Kier molecular flexibility index (Phi) is 8.29. The number of hydrogen-bond acceptors (Lipinski definition) is 5. The van der Waals surface area contributed by atoms with Crippen LogP contribution in [0, 0.1) is 11.6 Å². The molecular formula is C21H21F2N2O4-. The first-order valence-corrected chi connectivity index (χ1v) is 8.90. The Balaban J connectivity index is 2.33. The lowest BCUT2D eigenvalue weighted by molar-refractivity contribution is -0.142. The predicted molar refractivity (Wildman–Crippen MR) is 103 cm³/mol. The molecule has 0 aliphatic rings. The molecule has 0 unspecified atom stereocenters. The Bertz CT molecular complexity index is 886. The molecule has 29 heavy (non-hydrogen) atoms. The Morgan fingerprint density at radius 1 is 1.07 bits per heavy atom. The van der Waals surface area contributed by atoms with E-state index in [1.807, 2.05) is 6.07 Å². The second kappa shape index (κ2) is 10.9. The summed E-state index contributed by atoms with van der Waals surface area (Å²) in [4.78, 5) is 24.2. The average molecular weight is 403 g/mol. The number of carbonyl (C=O) groups excluding carboxylic acids is 2. The molecule has 2 rings (SSSR count). The van der Waals surface area contributed by atoms with Crippen molar-refractivity contribution in [2.45, 2.75) is 13.5 Å². The molecule has 8 heteroatoms. The van der Waals surface area contributed by atoms with E-state index in [2.05, 4.69) is 5.32 Å². The third-order valence-electron chi connectivity index (χ3n) is 3.85. The van der Waals surface area contributed by atoms with E-state index in [-0.39, 0.29) is 36.6 Å². The van der Waals surface area contributed by atoms with Crippen LogP contribution in [0.25, 0.3) is 11.4 Å². The second-order valence-electron chi connectivity index (χ2n) is 5.87. The summed E-state index contributed by atoms with van der Waals surface area (Å²) in [5.74, 6) is -3.22. The molecule has 0 amide bonds. The SMILES string of the molecule is CCOC(=O)CN/C(=C(\C[NH-])C(=O)OCc1ccccc1)c1ccc(F)cc1F. The maximum Gasteiger partial charge on any atom is 0.334 e. The third-order valence-corrected chi connectivity index (χ3v) is 3.85. The van der Waals surface area contributed by atoms with Crippen molar-refractivity contribution in [3.63, 3.8) is 0 Å². The van der Waals surface area contributed by atoms with Gasteiger partial charge in [-0.05, 0) is 24.6 Å². The highest BCUT2D eigenvalue weighted by molar-refractivity contribution is 5.98. The molecule has 2 aromatic carbocycles. The second-order valence-corrected chi connectivity index (χ2v) is 5.87. The number of hydrogen-bond donors (Lipinski definition) is 1. The van der Waals surface area contributed by atoms with Crippen molar-refractivity contribution in [1.82, 2.24) is 5.32 Å². The Labute approximate surface area is 167 Å². The molecule has 2 N–H and O–H groups in total. The first-order valence-electron chi connectivity index (χ1n) is 8.90. The molecule has 0 saturated carbocycles. The summed E-state index contributed by atoms with van der Waals surface area (Å²) in [6.07, 6.45) is 0. The topological polar surface area (TPSA) is 88.4 Å². The van der Waals surface area contributed by atoms with E-state index in [9.17, 15) is 18.4 Å². The molecule has 0 saturated heterocycles. The molecular weight excluding hydrogens is 382 g/mol. The fraction of sp³-hybridized carbons (Fsp3) is 0.238. The van der Waals surface area contributed by atoms with Crippen LogP contribution in [0.15, 0.2) is 54.1 Å². The Morgan fingerprint density at radius 2 is 1.79 bits per heavy atom. The minimum atomic E-state index is -0.946. The lowest BCUT2D eigenvalue weighted by Crippen LogP contribution is -2.27. The van der Waals surface area contributed by atoms with Crippen molar-refractivity contribution in [2.75, 3.05) is 19.7 Å². The van der Waals surface area contributed by atoms with Gasteiger partial charge in [-0.15, -0.1) is 6.54 Å². The lowest BCUT2D eigenvalue weighted by Gasteiger charge is -2.19. The Morgan fingerprint density at radius 3 is 2.41 bits per heavy atom. The molecule has 2 aromatic rings. The van der Waals surface area contributed by atoms with Gasteiger partial charge in [0.1, 0.15) is 24.8 Å². The van der Waals surface area contributed by atoms with E-state index in [0.717, 1.165) is 17.7 Å². The van der Waals surface area contributed by atoms with Crippen LogP contribution in [-0.2, 0) is 25.7 Å². The molecule has 0 atom stereocenters. The van der Waals surface area contributed by atoms with Gasteiger partial charge in [-0.2, -0.15) is 0 Å². The smallest absolute Gasteiger partial charge is 0.334 e. The molecule has 0 fully saturated rings. The summed E-state index contributed by atoms with van der Waals surface area (Å²) >= 11 is 0. The highest BCUT2D eigenvalue weighted by Gasteiger charge is 2.19. The van der Waals surface area contributed by atoms with Crippen LogP contribution in [0.5, 0.6) is 0 Å². The number of rotatable bonds is 9. The average Bonchev–Trinajstić information content (AvgIpc) is 2.71. The zero-order chi connectivity index (χ0) is 21.2. The van der Waals surface area contributed by atoms with Crippen LogP contribution in [0.3, 0.4) is 0 Å². The van der Waals surface area contributed by atoms with Gasteiger partial charge in [-0.1, -0.05) is 30.3 Å². The van der Waals surface area contributed by atoms with Crippen LogP contribution >= 0.6 is 0 Å². The fourth-order valence-corrected chi connectivity index (χ4v) is 2.50. The summed E-state index contributed by atoms with van der Waals surface area (Å²) in [6, 6.07) is 11.7. The molecule has 0 heterocycles. The lowest BCUT2D eigenvalue weighted by atomic mass is 10.0. The molecule has 0 radical (unpaired) electrons. The molecule has 6 nitrogen and oxygen atoms in total. The molecule has 0 spiro atoms. The number of benzene rings is 2. The van der Waals surface area contributed by atoms with Gasteiger partial charge >= 0.3 is 11.9 Å². The molecule has 154 valence electrons. The van der Waals surface area contributed by atoms with E-state index in [1.165, 1.54) is 0 Å². The molecule has 0 bridgehead atoms. The van der Waals surface area contributed by atoms with E-state index in [1.54, 1.807) is 31.2 Å². The minimum absolute atomic E-state index is 0.0414. The first kappa shape index (κ1) is 22.0. The summed E-state index contributed by atoms with van der Waals surface area (Å²) in [7, 11) is 0. The Hall–Kier alpha value is -3.26. The zero-order valence-corrected chi connectivity index (χ0v) is 15.8. The molecule has 0 aliphatic heterocycles. The van der Waals surface area contributed by atoms with Crippen LogP contribution < -0.4 is 5.32 Å². The van der Waals surface area contributed by atoms with Crippen molar-refractivity contribution >= 4 is 17.6 Å². The zero-order valence-electron chi connectivity index (χ0n) is 15.8. The summed E-state index contributed by atoms with van der Waals surface area (Å²) < 4.78 is 37.7. The number of esters is 2. The van der Waals surface area contributed by atoms with Crippen LogP contribution in [0.1, 0.15) is 18.1 Å². The van der Waals surface area contributed by atoms with Crippen LogP contribution in [-0.4, -0.2) is 31.6 Å². The highest BCUT2D eigenvalue weighted by atomic mass is 19.1. The van der Waals surface area contributed by atoms with Gasteiger partial charge < -0.3 is 20.5 Å². The van der Waals surface area contributed by atoms with Gasteiger partial charge in [-0.25, -0.2) is 13.6 Å². The normalized spacial score (nSPS) is 11.4. The summed E-state index contributed by atoms with van der Waals surface area (Å²) in [5.41, 5.74) is 7.98. The number of carbonyl (C=O) groups is 2. The number of ether oxygens (including phenoxy) is 2.